The van der Waals surface area contributed by atoms with Crippen molar-refractivity contribution >= 4 is 27.5 Å². The average molecular weight is 435 g/mol. The van der Waals surface area contributed by atoms with E-state index < -0.39 is 10.0 Å². The summed E-state index contributed by atoms with van der Waals surface area (Å²) in [6.07, 6.45) is 2.54. The van der Waals surface area contributed by atoms with Crippen molar-refractivity contribution < 1.29 is 13.2 Å². The lowest BCUT2D eigenvalue weighted by Crippen LogP contribution is -2.36. The Morgan fingerprint density at radius 1 is 1.14 bits per heavy atom. The highest BCUT2D eigenvalue weighted by Gasteiger charge is 2.29. The maximum absolute atomic E-state index is 13.3. The molecule has 0 unspecified atom stereocenters. The zero-order chi connectivity index (χ0) is 21.0. The molecule has 1 aliphatic heterocycles. The number of rotatable bonds is 7. The first-order chi connectivity index (χ1) is 13.9. The van der Waals surface area contributed by atoms with E-state index in [1.807, 2.05) is 31.2 Å². The highest BCUT2D eigenvalue weighted by atomic mass is 35.5. The molecule has 7 heteroatoms. The molecule has 0 fully saturated rings. The summed E-state index contributed by atoms with van der Waals surface area (Å²) in [6, 6.07) is 12.3. The van der Waals surface area contributed by atoms with Gasteiger partial charge in [-0.1, -0.05) is 49.2 Å². The maximum atomic E-state index is 13.3. The van der Waals surface area contributed by atoms with Crippen molar-refractivity contribution in [3.05, 3.63) is 64.2 Å². The summed E-state index contributed by atoms with van der Waals surface area (Å²) in [5, 5.41) is 0.271. The second-order valence-electron chi connectivity index (χ2n) is 7.24. The van der Waals surface area contributed by atoms with Crippen LogP contribution < -0.4 is 0 Å². The quantitative estimate of drug-likeness (QED) is 0.650. The zero-order valence-electron chi connectivity index (χ0n) is 16.9. The summed E-state index contributed by atoms with van der Waals surface area (Å²) >= 11 is 6.27. The molecule has 0 atom stereocenters. The molecule has 0 aliphatic carbocycles. The van der Waals surface area contributed by atoms with Gasteiger partial charge < -0.3 is 4.90 Å². The molecule has 0 spiro atoms. The molecular weight excluding hydrogens is 408 g/mol. The summed E-state index contributed by atoms with van der Waals surface area (Å²) < 4.78 is 28.0. The molecule has 0 aromatic heterocycles. The van der Waals surface area contributed by atoms with Crippen LogP contribution in [-0.4, -0.2) is 43.2 Å². The molecule has 2 aromatic rings. The van der Waals surface area contributed by atoms with E-state index in [1.165, 1.54) is 28.1 Å². The van der Waals surface area contributed by atoms with Gasteiger partial charge in [0.05, 0.1) is 15.5 Å². The number of halogens is 1. The van der Waals surface area contributed by atoms with Gasteiger partial charge in [-0.3, -0.25) is 4.79 Å². The largest absolute Gasteiger partial charge is 0.339 e. The van der Waals surface area contributed by atoms with Gasteiger partial charge >= 0.3 is 0 Å². The highest BCUT2D eigenvalue weighted by molar-refractivity contribution is 7.89. The van der Waals surface area contributed by atoms with Gasteiger partial charge in [-0.15, -0.1) is 0 Å². The zero-order valence-corrected chi connectivity index (χ0v) is 18.5. The molecule has 1 heterocycles. The van der Waals surface area contributed by atoms with Gasteiger partial charge in [0.25, 0.3) is 5.91 Å². The van der Waals surface area contributed by atoms with Crippen molar-refractivity contribution in [3.8, 4) is 0 Å². The molecule has 0 saturated heterocycles. The first-order valence-corrected chi connectivity index (χ1v) is 11.9. The SMILES string of the molecule is CCCCN(CC)C(=O)c1cc(S(=O)(=O)N2CCc3ccccc3C2)ccc1Cl. The summed E-state index contributed by atoms with van der Waals surface area (Å²) in [5.41, 5.74) is 2.44. The third-order valence-corrected chi connectivity index (χ3v) is 7.52. The number of unbranched alkanes of at least 4 members (excludes halogenated alkanes) is 1. The number of hydrogen-bond acceptors (Lipinski definition) is 3. The Balaban J connectivity index is 1.89. The summed E-state index contributed by atoms with van der Waals surface area (Å²) in [4.78, 5) is 14.8. The second kappa shape index (κ2) is 9.28. The number of carbonyl (C=O) groups is 1. The van der Waals surface area contributed by atoms with Crippen LogP contribution in [0.3, 0.4) is 0 Å². The van der Waals surface area contributed by atoms with Crippen LogP contribution in [0.5, 0.6) is 0 Å². The molecule has 156 valence electrons. The van der Waals surface area contributed by atoms with Crippen molar-refractivity contribution in [1.82, 2.24) is 9.21 Å². The van der Waals surface area contributed by atoms with Crippen molar-refractivity contribution in [2.45, 2.75) is 44.6 Å². The van der Waals surface area contributed by atoms with Crippen LogP contribution in [0.1, 0.15) is 48.2 Å². The number of sulfonamides is 1. The van der Waals surface area contributed by atoms with E-state index in [2.05, 4.69) is 6.92 Å². The number of amides is 1. The number of benzene rings is 2. The van der Waals surface area contributed by atoms with Crippen LogP contribution in [0.2, 0.25) is 5.02 Å². The fraction of sp³-hybridized carbons (Fsp3) is 0.409. The Morgan fingerprint density at radius 2 is 1.86 bits per heavy atom. The minimum atomic E-state index is -3.72. The van der Waals surface area contributed by atoms with E-state index in [4.69, 9.17) is 11.6 Å². The number of carbonyl (C=O) groups excluding carboxylic acids is 1. The van der Waals surface area contributed by atoms with Gasteiger partial charge in [-0.05, 0) is 49.1 Å². The maximum Gasteiger partial charge on any atom is 0.255 e. The molecular formula is C22H27ClN2O3S. The standard InChI is InChI=1S/C22H27ClN2O3S/c1-3-5-13-24(4-2)22(26)20-15-19(10-11-21(20)23)29(27,28)25-14-12-17-8-6-7-9-18(17)16-25/h6-11,15H,3-5,12-14,16H2,1-2H3. The molecule has 0 bridgehead atoms. The number of nitrogens with zero attached hydrogens (tertiary/aromatic N) is 2. The van der Waals surface area contributed by atoms with Crippen LogP contribution in [0.25, 0.3) is 0 Å². The van der Waals surface area contributed by atoms with Crippen molar-refractivity contribution in [3.63, 3.8) is 0 Å². The minimum absolute atomic E-state index is 0.108. The Kier molecular flexibility index (Phi) is 6.98. The van der Waals surface area contributed by atoms with E-state index in [1.54, 1.807) is 4.90 Å². The third-order valence-electron chi connectivity index (χ3n) is 5.35. The topological polar surface area (TPSA) is 57.7 Å². The van der Waals surface area contributed by atoms with E-state index in [-0.39, 0.29) is 21.4 Å². The first kappa shape index (κ1) is 21.8. The minimum Gasteiger partial charge on any atom is -0.339 e. The van der Waals surface area contributed by atoms with E-state index in [0.29, 0.717) is 32.6 Å². The molecule has 1 amide bonds. The Labute approximate surface area is 178 Å². The Hall–Kier alpha value is -1.89. The monoisotopic (exact) mass is 434 g/mol. The smallest absolute Gasteiger partial charge is 0.255 e. The lowest BCUT2D eigenvalue weighted by atomic mass is 10.0. The fourth-order valence-electron chi connectivity index (χ4n) is 3.58. The molecule has 2 aromatic carbocycles. The van der Waals surface area contributed by atoms with Crippen molar-refractivity contribution in [1.29, 1.82) is 0 Å². The summed E-state index contributed by atoms with van der Waals surface area (Å²) in [7, 11) is -3.72. The molecule has 0 radical (unpaired) electrons. The Morgan fingerprint density at radius 3 is 2.55 bits per heavy atom. The summed E-state index contributed by atoms with van der Waals surface area (Å²) in [5.74, 6) is -0.230. The van der Waals surface area contributed by atoms with Crippen LogP contribution in [0.15, 0.2) is 47.4 Å². The third kappa shape index (κ3) is 4.65. The van der Waals surface area contributed by atoms with E-state index >= 15 is 0 Å². The number of hydrogen-bond donors (Lipinski definition) is 0. The van der Waals surface area contributed by atoms with Gasteiger partial charge in [-0.2, -0.15) is 4.31 Å². The first-order valence-electron chi connectivity index (χ1n) is 10.0. The van der Waals surface area contributed by atoms with E-state index in [0.717, 1.165) is 18.4 Å². The Bertz CT molecular complexity index is 991. The molecule has 3 rings (SSSR count). The second-order valence-corrected chi connectivity index (χ2v) is 9.58. The number of fused-ring (bicyclic) bond motifs is 1. The molecule has 1 aliphatic rings. The molecule has 29 heavy (non-hydrogen) atoms. The van der Waals surface area contributed by atoms with Crippen LogP contribution >= 0.6 is 11.6 Å². The van der Waals surface area contributed by atoms with Crippen LogP contribution in [0, 0.1) is 0 Å². The van der Waals surface area contributed by atoms with Gasteiger partial charge in [0.2, 0.25) is 10.0 Å². The average Bonchev–Trinajstić information content (AvgIpc) is 2.74. The lowest BCUT2D eigenvalue weighted by Gasteiger charge is -2.28. The van der Waals surface area contributed by atoms with Gasteiger partial charge in [0.15, 0.2) is 0 Å². The predicted octanol–water partition coefficient (Wildman–Crippen LogP) is 4.35. The highest BCUT2D eigenvalue weighted by Crippen LogP contribution is 2.28. The predicted molar refractivity (Wildman–Crippen MR) is 116 cm³/mol. The van der Waals surface area contributed by atoms with Crippen molar-refractivity contribution in [2.24, 2.45) is 0 Å². The van der Waals surface area contributed by atoms with Crippen molar-refractivity contribution in [2.75, 3.05) is 19.6 Å². The normalized spacial score (nSPS) is 14.4. The summed E-state index contributed by atoms with van der Waals surface area (Å²) in [6.45, 7) is 5.91. The van der Waals surface area contributed by atoms with E-state index in [9.17, 15) is 13.2 Å². The van der Waals surface area contributed by atoms with Crippen LogP contribution in [0.4, 0.5) is 0 Å². The molecule has 0 N–H and O–H groups in total. The molecule has 0 saturated carbocycles. The van der Waals surface area contributed by atoms with Gasteiger partial charge in [-0.25, -0.2) is 8.42 Å². The van der Waals surface area contributed by atoms with Crippen LogP contribution in [-0.2, 0) is 23.0 Å². The van der Waals surface area contributed by atoms with Gasteiger partial charge in [0, 0.05) is 26.2 Å². The van der Waals surface area contributed by atoms with Gasteiger partial charge in [0.1, 0.15) is 0 Å². The molecule has 5 nitrogen and oxygen atoms in total. The lowest BCUT2D eigenvalue weighted by molar-refractivity contribution is 0.0762. The fourth-order valence-corrected chi connectivity index (χ4v) is 5.22.